The van der Waals surface area contributed by atoms with Crippen molar-refractivity contribution in [3.05, 3.63) is 93.8 Å². The van der Waals surface area contributed by atoms with Gasteiger partial charge in [0.05, 0.1) is 22.6 Å². The van der Waals surface area contributed by atoms with E-state index in [2.05, 4.69) is 5.32 Å². The van der Waals surface area contributed by atoms with Crippen molar-refractivity contribution in [2.24, 2.45) is 0 Å². The lowest BCUT2D eigenvalue weighted by molar-refractivity contribution is -0.385. The molecule has 13 heteroatoms. The van der Waals surface area contributed by atoms with Gasteiger partial charge in [-0.1, -0.05) is 31.2 Å². The fourth-order valence-corrected chi connectivity index (χ4v) is 5.64. The molecule has 2 amide bonds. The first kappa shape index (κ1) is 33.0. The maximum atomic E-state index is 14.7. The van der Waals surface area contributed by atoms with Crippen LogP contribution in [0.1, 0.15) is 38.3 Å². The Bertz CT molecular complexity index is 1580. The number of methoxy groups -OCH3 is 1. The molecule has 0 aromatic heterocycles. The molecule has 0 aliphatic carbocycles. The van der Waals surface area contributed by atoms with E-state index in [0.29, 0.717) is 12.2 Å². The highest BCUT2D eigenvalue weighted by molar-refractivity contribution is 7.92. The number of nitrogens with zero attached hydrogens (tertiary/aromatic N) is 3. The average Bonchev–Trinajstić information content (AvgIpc) is 2.98. The molecule has 2 atom stereocenters. The number of nitro benzene ring substituents is 1. The molecule has 0 heterocycles. The third-order valence-corrected chi connectivity index (χ3v) is 8.84. The standard InChI is InChI=1S/C30H35FN4O7S/c1-6-21(3)32-30(37)22(4)33(18-23-9-7-8-10-27(23)31)29(36)19-34(24-12-14-25(42-5)15-13-24)43(40,41)26-16-11-20(2)28(17-26)35(38)39/h7-17,21-22H,6,18-19H2,1-5H3,(H,32,37)/t21-,22+/m1/s1. The first-order valence-corrected chi connectivity index (χ1v) is 15.0. The Kier molecular flexibility index (Phi) is 10.8. The predicted molar refractivity (Wildman–Crippen MR) is 160 cm³/mol. The number of hydrogen-bond acceptors (Lipinski definition) is 7. The van der Waals surface area contributed by atoms with Crippen molar-refractivity contribution in [3.63, 3.8) is 0 Å². The Balaban J connectivity index is 2.10. The van der Waals surface area contributed by atoms with Crippen molar-refractivity contribution < 1.29 is 32.1 Å². The van der Waals surface area contributed by atoms with Crippen LogP contribution in [0, 0.1) is 22.9 Å². The molecule has 0 saturated carbocycles. The summed E-state index contributed by atoms with van der Waals surface area (Å²) in [6.07, 6.45) is 0.631. The third kappa shape index (κ3) is 7.86. The second kappa shape index (κ2) is 14.1. The molecule has 1 N–H and O–H groups in total. The zero-order valence-corrected chi connectivity index (χ0v) is 25.4. The van der Waals surface area contributed by atoms with Crippen molar-refractivity contribution >= 4 is 33.2 Å². The Hall–Kier alpha value is -4.52. The van der Waals surface area contributed by atoms with E-state index in [9.17, 15) is 32.5 Å². The number of nitro groups is 1. The van der Waals surface area contributed by atoms with Crippen molar-refractivity contribution in [1.82, 2.24) is 10.2 Å². The van der Waals surface area contributed by atoms with Gasteiger partial charge in [0.1, 0.15) is 24.2 Å². The molecule has 0 aliphatic heterocycles. The van der Waals surface area contributed by atoms with Crippen molar-refractivity contribution in [2.75, 3.05) is 18.0 Å². The molecule has 0 saturated heterocycles. The van der Waals surface area contributed by atoms with E-state index in [1.807, 2.05) is 6.92 Å². The summed E-state index contributed by atoms with van der Waals surface area (Å²) in [7, 11) is -3.12. The molecule has 3 aromatic rings. The molecule has 11 nitrogen and oxygen atoms in total. The lowest BCUT2D eigenvalue weighted by Gasteiger charge is -2.32. The molecule has 0 unspecified atom stereocenters. The van der Waals surface area contributed by atoms with Gasteiger partial charge in [0.25, 0.3) is 15.7 Å². The Labute approximate surface area is 250 Å². The van der Waals surface area contributed by atoms with Crippen molar-refractivity contribution in [3.8, 4) is 5.75 Å². The molecule has 0 fully saturated rings. The van der Waals surface area contributed by atoms with E-state index in [1.54, 1.807) is 13.0 Å². The normalized spacial score (nSPS) is 12.6. The summed E-state index contributed by atoms with van der Waals surface area (Å²) < 4.78 is 48.6. The quantitative estimate of drug-likeness (QED) is 0.220. The number of anilines is 1. The highest BCUT2D eigenvalue weighted by atomic mass is 32.2. The molecule has 230 valence electrons. The number of hydrogen-bond donors (Lipinski definition) is 1. The van der Waals surface area contributed by atoms with E-state index in [0.717, 1.165) is 15.3 Å². The van der Waals surface area contributed by atoms with Crippen LogP contribution in [0.4, 0.5) is 15.8 Å². The van der Waals surface area contributed by atoms with Crippen LogP contribution in [-0.2, 0) is 26.2 Å². The zero-order valence-electron chi connectivity index (χ0n) is 24.6. The monoisotopic (exact) mass is 614 g/mol. The minimum atomic E-state index is -4.56. The number of halogens is 1. The Morgan fingerprint density at radius 3 is 2.30 bits per heavy atom. The number of carbonyl (C=O) groups is 2. The minimum absolute atomic E-state index is 0.0694. The summed E-state index contributed by atoms with van der Waals surface area (Å²) >= 11 is 0. The number of benzene rings is 3. The minimum Gasteiger partial charge on any atom is -0.497 e. The van der Waals surface area contributed by atoms with Gasteiger partial charge in [-0.15, -0.1) is 0 Å². The lowest BCUT2D eigenvalue weighted by Crippen LogP contribution is -2.52. The van der Waals surface area contributed by atoms with Crippen LogP contribution in [-0.4, -0.2) is 55.8 Å². The maximum Gasteiger partial charge on any atom is 0.273 e. The largest absolute Gasteiger partial charge is 0.497 e. The van der Waals surface area contributed by atoms with Crippen molar-refractivity contribution in [1.29, 1.82) is 0 Å². The molecule has 3 rings (SSSR count). The van der Waals surface area contributed by atoms with Gasteiger partial charge in [-0.05, 0) is 63.6 Å². The number of sulfonamides is 1. The maximum absolute atomic E-state index is 14.7. The predicted octanol–water partition coefficient (Wildman–Crippen LogP) is 4.58. The highest BCUT2D eigenvalue weighted by Crippen LogP contribution is 2.29. The summed E-state index contributed by atoms with van der Waals surface area (Å²) in [5.74, 6) is -1.46. The van der Waals surface area contributed by atoms with Crippen LogP contribution >= 0.6 is 0 Å². The van der Waals surface area contributed by atoms with E-state index in [-0.39, 0.29) is 29.4 Å². The van der Waals surface area contributed by atoms with Gasteiger partial charge < -0.3 is 15.0 Å². The number of nitrogens with one attached hydrogen (secondary N) is 1. The molecule has 0 radical (unpaired) electrons. The van der Waals surface area contributed by atoms with Crippen molar-refractivity contribution in [2.45, 2.75) is 57.6 Å². The fraction of sp³-hybridized carbons (Fsp3) is 0.333. The molecule has 3 aromatic carbocycles. The van der Waals surface area contributed by atoms with Crippen LogP contribution < -0.4 is 14.4 Å². The van der Waals surface area contributed by atoms with Gasteiger partial charge in [-0.25, -0.2) is 12.8 Å². The zero-order chi connectivity index (χ0) is 31.9. The topological polar surface area (TPSA) is 139 Å². The summed E-state index contributed by atoms with van der Waals surface area (Å²) in [5, 5.41) is 14.4. The fourth-order valence-electron chi connectivity index (χ4n) is 4.21. The Morgan fingerprint density at radius 1 is 1.07 bits per heavy atom. The summed E-state index contributed by atoms with van der Waals surface area (Å²) in [6, 6.07) is 13.8. The SMILES string of the molecule is CC[C@@H](C)NC(=O)[C@H](C)N(Cc1ccccc1F)C(=O)CN(c1ccc(OC)cc1)S(=O)(=O)c1ccc(C)c([N+](=O)[O-])c1. The molecule has 43 heavy (non-hydrogen) atoms. The summed E-state index contributed by atoms with van der Waals surface area (Å²) in [5.41, 5.74) is 0.0545. The molecule has 0 bridgehead atoms. The third-order valence-electron chi connectivity index (χ3n) is 7.07. The second-order valence-electron chi connectivity index (χ2n) is 10.0. The first-order valence-electron chi connectivity index (χ1n) is 13.5. The van der Waals surface area contributed by atoms with Gasteiger partial charge in [-0.3, -0.25) is 24.0 Å². The number of ether oxygens (including phenoxy) is 1. The van der Waals surface area contributed by atoms with Crippen LogP contribution in [0.25, 0.3) is 0 Å². The van der Waals surface area contributed by atoms with Gasteiger partial charge in [-0.2, -0.15) is 0 Å². The van der Waals surface area contributed by atoms with E-state index in [4.69, 9.17) is 4.74 Å². The first-order chi connectivity index (χ1) is 20.3. The van der Waals surface area contributed by atoms with Crippen LogP contribution in [0.3, 0.4) is 0 Å². The van der Waals surface area contributed by atoms with Crippen LogP contribution in [0.15, 0.2) is 71.6 Å². The molecule has 0 aliphatic rings. The van der Waals surface area contributed by atoms with Crippen LogP contribution in [0.5, 0.6) is 5.75 Å². The van der Waals surface area contributed by atoms with E-state index >= 15 is 0 Å². The van der Waals surface area contributed by atoms with Gasteiger partial charge in [0.15, 0.2) is 0 Å². The number of amides is 2. The molecular formula is C30H35FN4O7S. The van der Waals surface area contributed by atoms with Gasteiger partial charge in [0.2, 0.25) is 11.8 Å². The number of aryl methyl sites for hydroxylation is 1. The average molecular weight is 615 g/mol. The second-order valence-corrected chi connectivity index (χ2v) is 11.9. The molecule has 0 spiro atoms. The van der Waals surface area contributed by atoms with E-state index < -0.39 is 55.7 Å². The van der Waals surface area contributed by atoms with Gasteiger partial charge >= 0.3 is 0 Å². The smallest absolute Gasteiger partial charge is 0.273 e. The molecular weight excluding hydrogens is 579 g/mol. The number of carbonyl (C=O) groups excluding carboxylic acids is 2. The highest BCUT2D eigenvalue weighted by Gasteiger charge is 2.34. The van der Waals surface area contributed by atoms with Crippen LogP contribution in [0.2, 0.25) is 0 Å². The Morgan fingerprint density at radius 2 is 1.72 bits per heavy atom. The summed E-state index contributed by atoms with van der Waals surface area (Å²) in [6.45, 7) is 5.54. The summed E-state index contributed by atoms with van der Waals surface area (Å²) in [4.78, 5) is 38.6. The lowest BCUT2D eigenvalue weighted by atomic mass is 10.1. The number of rotatable bonds is 13. The van der Waals surface area contributed by atoms with Gasteiger partial charge in [0, 0.05) is 29.8 Å². The van der Waals surface area contributed by atoms with E-state index in [1.165, 1.54) is 75.6 Å².